The Labute approximate surface area is 144 Å². The SMILES string of the molecule is C1=CN2SNC=C2C=C1Nc1nc2c(-c3cncs3)nccn2n1. The van der Waals surface area contributed by atoms with Crippen molar-refractivity contribution in [1.29, 1.82) is 0 Å². The van der Waals surface area contributed by atoms with Crippen LogP contribution in [0.4, 0.5) is 5.95 Å². The van der Waals surface area contributed by atoms with Crippen molar-refractivity contribution >= 4 is 35.1 Å². The molecule has 0 spiro atoms. The maximum Gasteiger partial charge on any atom is 0.247 e. The summed E-state index contributed by atoms with van der Waals surface area (Å²) in [6.07, 6.45) is 13.2. The normalized spacial score (nSPS) is 15.9. The molecule has 0 saturated carbocycles. The minimum atomic E-state index is 0.525. The zero-order chi connectivity index (χ0) is 15.9. The number of anilines is 1. The van der Waals surface area contributed by atoms with Gasteiger partial charge in [-0.05, 0) is 12.2 Å². The van der Waals surface area contributed by atoms with Crippen molar-refractivity contribution in [2.75, 3.05) is 5.32 Å². The van der Waals surface area contributed by atoms with Crippen molar-refractivity contribution in [3.05, 3.63) is 60.0 Å². The van der Waals surface area contributed by atoms with E-state index in [4.69, 9.17) is 0 Å². The Morgan fingerprint density at radius 3 is 3.21 bits per heavy atom. The predicted molar refractivity (Wildman–Crippen MR) is 93.4 cm³/mol. The number of nitrogens with zero attached hydrogens (tertiary/aromatic N) is 6. The lowest BCUT2D eigenvalue weighted by molar-refractivity contribution is 0.801. The van der Waals surface area contributed by atoms with E-state index >= 15 is 0 Å². The predicted octanol–water partition coefficient (Wildman–Crippen LogP) is 2.38. The standard InChI is InChI=1S/C14H10N8S2/c1-3-22-10(6-17-24-22)5-9(1)18-14-19-13-12(11-7-15-8-23-11)16-2-4-21(13)20-14/h1-8,17H,(H,18,20). The van der Waals surface area contributed by atoms with Gasteiger partial charge in [-0.15, -0.1) is 16.4 Å². The quantitative estimate of drug-likeness (QED) is 0.694. The summed E-state index contributed by atoms with van der Waals surface area (Å²) >= 11 is 3.05. The number of hydrogen-bond donors (Lipinski definition) is 2. The van der Waals surface area contributed by atoms with E-state index < -0.39 is 0 Å². The average molecular weight is 354 g/mol. The van der Waals surface area contributed by atoms with Gasteiger partial charge in [-0.3, -0.25) is 9.29 Å². The third-order valence-corrected chi connectivity index (χ3v) is 5.01. The van der Waals surface area contributed by atoms with E-state index in [1.807, 2.05) is 28.9 Å². The second-order valence-corrected chi connectivity index (χ2v) is 6.69. The summed E-state index contributed by atoms with van der Waals surface area (Å²) in [7, 11) is 0. The van der Waals surface area contributed by atoms with Crippen LogP contribution in [0.1, 0.15) is 0 Å². The molecule has 2 N–H and O–H groups in total. The summed E-state index contributed by atoms with van der Waals surface area (Å²) in [6, 6.07) is 0. The number of fused-ring (bicyclic) bond motifs is 2. The van der Waals surface area contributed by atoms with Gasteiger partial charge in [0.25, 0.3) is 0 Å². The molecule has 3 aromatic heterocycles. The molecule has 2 aliphatic heterocycles. The van der Waals surface area contributed by atoms with Crippen molar-refractivity contribution in [1.82, 2.24) is 33.6 Å². The Bertz CT molecular complexity index is 1000. The number of thiazole rings is 1. The van der Waals surface area contributed by atoms with Gasteiger partial charge >= 0.3 is 0 Å². The third-order valence-electron chi connectivity index (χ3n) is 3.48. The van der Waals surface area contributed by atoms with Gasteiger partial charge in [0, 0.05) is 36.7 Å². The first-order chi connectivity index (χ1) is 11.9. The molecule has 3 aromatic rings. The van der Waals surface area contributed by atoms with Crippen LogP contribution in [0.3, 0.4) is 0 Å². The number of aromatic nitrogens is 5. The van der Waals surface area contributed by atoms with Gasteiger partial charge in [0.2, 0.25) is 5.95 Å². The summed E-state index contributed by atoms with van der Waals surface area (Å²) < 4.78 is 6.86. The lowest BCUT2D eigenvalue weighted by atomic mass is 10.2. The van der Waals surface area contributed by atoms with E-state index in [9.17, 15) is 0 Å². The minimum Gasteiger partial charge on any atom is -0.323 e. The summed E-state index contributed by atoms with van der Waals surface area (Å²) in [4.78, 5) is 14.1. The number of rotatable bonds is 3. The van der Waals surface area contributed by atoms with Crippen molar-refractivity contribution in [3.8, 4) is 10.6 Å². The lowest BCUT2D eigenvalue weighted by Crippen LogP contribution is -2.10. The highest BCUT2D eigenvalue weighted by Crippen LogP contribution is 2.28. The summed E-state index contributed by atoms with van der Waals surface area (Å²) in [5, 5.41) is 7.72. The Morgan fingerprint density at radius 1 is 1.29 bits per heavy atom. The third kappa shape index (κ3) is 2.23. The molecule has 5 rings (SSSR count). The highest BCUT2D eigenvalue weighted by atomic mass is 32.2. The van der Waals surface area contributed by atoms with E-state index in [-0.39, 0.29) is 0 Å². The summed E-state index contributed by atoms with van der Waals surface area (Å²) in [5.41, 5.74) is 5.24. The van der Waals surface area contributed by atoms with Crippen LogP contribution < -0.4 is 10.0 Å². The van der Waals surface area contributed by atoms with E-state index in [2.05, 4.69) is 30.1 Å². The molecule has 10 heteroatoms. The van der Waals surface area contributed by atoms with Gasteiger partial charge in [-0.2, -0.15) is 4.98 Å². The second-order valence-electron chi connectivity index (χ2n) is 4.99. The maximum atomic E-state index is 4.58. The van der Waals surface area contributed by atoms with Crippen LogP contribution in [-0.2, 0) is 0 Å². The number of allylic oxidation sites excluding steroid dienone is 2. The number of hydrogen-bond acceptors (Lipinski definition) is 9. The highest BCUT2D eigenvalue weighted by Gasteiger charge is 2.17. The van der Waals surface area contributed by atoms with Crippen LogP contribution in [0, 0.1) is 0 Å². The van der Waals surface area contributed by atoms with Crippen LogP contribution in [0.5, 0.6) is 0 Å². The molecule has 0 fully saturated rings. The summed E-state index contributed by atoms with van der Waals surface area (Å²) in [5.74, 6) is 0.525. The molecule has 0 bridgehead atoms. The molecule has 0 unspecified atom stereocenters. The van der Waals surface area contributed by atoms with Gasteiger partial charge in [0.1, 0.15) is 5.69 Å². The van der Waals surface area contributed by atoms with E-state index in [1.165, 1.54) is 23.5 Å². The van der Waals surface area contributed by atoms with Gasteiger partial charge in [-0.1, -0.05) is 0 Å². The molecular formula is C14H10N8S2. The first-order valence-electron chi connectivity index (χ1n) is 7.06. The smallest absolute Gasteiger partial charge is 0.247 e. The summed E-state index contributed by atoms with van der Waals surface area (Å²) in [6.45, 7) is 0. The van der Waals surface area contributed by atoms with Crippen LogP contribution in [0.2, 0.25) is 0 Å². The fraction of sp³-hybridized carbons (Fsp3) is 0. The first kappa shape index (κ1) is 13.6. The molecule has 0 amide bonds. The monoisotopic (exact) mass is 354 g/mol. The van der Waals surface area contributed by atoms with E-state index in [1.54, 1.807) is 28.6 Å². The topological polar surface area (TPSA) is 83.3 Å². The molecule has 2 aliphatic rings. The van der Waals surface area contributed by atoms with Crippen LogP contribution in [0.25, 0.3) is 16.2 Å². The fourth-order valence-corrected chi connectivity index (χ4v) is 3.65. The van der Waals surface area contributed by atoms with Gasteiger partial charge in [0.15, 0.2) is 5.65 Å². The Hall–Kier alpha value is -2.85. The van der Waals surface area contributed by atoms with Crippen LogP contribution in [-0.4, -0.2) is 28.9 Å². The Kier molecular flexibility index (Phi) is 3.03. The van der Waals surface area contributed by atoms with E-state index in [0.29, 0.717) is 11.6 Å². The molecule has 0 saturated heterocycles. The average Bonchev–Trinajstić information content (AvgIpc) is 3.33. The molecule has 0 radical (unpaired) electrons. The molecule has 24 heavy (non-hydrogen) atoms. The van der Waals surface area contributed by atoms with Crippen molar-refractivity contribution < 1.29 is 0 Å². The maximum absolute atomic E-state index is 4.58. The molecule has 8 nitrogen and oxygen atoms in total. The Balaban J connectivity index is 1.50. The van der Waals surface area contributed by atoms with Gasteiger partial charge < -0.3 is 10.0 Å². The lowest BCUT2D eigenvalue weighted by Gasteiger charge is -2.17. The van der Waals surface area contributed by atoms with E-state index in [0.717, 1.165) is 22.0 Å². The Morgan fingerprint density at radius 2 is 2.29 bits per heavy atom. The minimum absolute atomic E-state index is 0.525. The van der Waals surface area contributed by atoms with Gasteiger partial charge in [-0.25, -0.2) is 9.50 Å². The number of nitrogens with one attached hydrogen (secondary N) is 2. The van der Waals surface area contributed by atoms with Crippen LogP contribution >= 0.6 is 23.5 Å². The van der Waals surface area contributed by atoms with Gasteiger partial charge in [0.05, 0.1) is 28.2 Å². The molecule has 0 aliphatic carbocycles. The molecule has 0 atom stereocenters. The second kappa shape index (κ2) is 5.35. The molecule has 5 heterocycles. The van der Waals surface area contributed by atoms with Crippen molar-refractivity contribution in [2.45, 2.75) is 0 Å². The highest BCUT2D eigenvalue weighted by molar-refractivity contribution is 7.95. The van der Waals surface area contributed by atoms with Crippen molar-refractivity contribution in [2.24, 2.45) is 0 Å². The fourth-order valence-electron chi connectivity index (χ4n) is 2.42. The first-order valence-corrected chi connectivity index (χ1v) is 8.71. The zero-order valence-electron chi connectivity index (χ0n) is 12.1. The molecule has 0 aromatic carbocycles. The largest absolute Gasteiger partial charge is 0.323 e. The molecular weight excluding hydrogens is 344 g/mol. The zero-order valence-corrected chi connectivity index (χ0v) is 13.8. The van der Waals surface area contributed by atoms with Crippen LogP contribution in [0.15, 0.2) is 60.0 Å². The van der Waals surface area contributed by atoms with Crippen molar-refractivity contribution in [3.63, 3.8) is 0 Å². The molecule has 118 valence electrons.